The second kappa shape index (κ2) is 6.60. The first-order chi connectivity index (χ1) is 7.69. The summed E-state index contributed by atoms with van der Waals surface area (Å²) in [6, 6.07) is 0. The number of rotatable bonds is 6. The van der Waals surface area contributed by atoms with Crippen LogP contribution in [0.3, 0.4) is 0 Å². The van der Waals surface area contributed by atoms with E-state index in [9.17, 15) is 4.79 Å². The number of carbonyl (C=O) groups is 1. The van der Waals surface area contributed by atoms with Crippen LogP contribution in [0.2, 0.25) is 0 Å². The maximum atomic E-state index is 11.7. The minimum atomic E-state index is 0.159. The van der Waals surface area contributed by atoms with Crippen LogP contribution in [0.5, 0.6) is 0 Å². The summed E-state index contributed by atoms with van der Waals surface area (Å²) in [5.74, 6) is 0.159. The van der Waals surface area contributed by atoms with Gasteiger partial charge in [-0.1, -0.05) is 0 Å². The lowest BCUT2D eigenvalue weighted by Crippen LogP contribution is -2.37. The second-order valence-electron chi connectivity index (χ2n) is 3.53. The van der Waals surface area contributed by atoms with Gasteiger partial charge in [0.05, 0.1) is 17.7 Å². The van der Waals surface area contributed by atoms with Gasteiger partial charge in [-0.25, -0.2) is 4.98 Å². The molecule has 0 atom stereocenters. The first-order valence-corrected chi connectivity index (χ1v) is 6.44. The van der Waals surface area contributed by atoms with Gasteiger partial charge in [-0.2, -0.15) is 0 Å². The Balaban J connectivity index is 2.30. The smallest absolute Gasteiger partial charge is 0.236 e. The van der Waals surface area contributed by atoms with Crippen molar-refractivity contribution in [3.05, 3.63) is 16.1 Å². The zero-order valence-corrected chi connectivity index (χ0v) is 10.9. The molecule has 0 saturated carbocycles. The van der Waals surface area contributed by atoms with Crippen molar-refractivity contribution in [1.82, 2.24) is 15.2 Å². The maximum Gasteiger partial charge on any atom is 0.236 e. The number of thiazole rings is 1. The summed E-state index contributed by atoms with van der Waals surface area (Å²) in [6.45, 7) is 8.65. The summed E-state index contributed by atoms with van der Waals surface area (Å²) < 4.78 is 0. The average Bonchev–Trinajstić information content (AvgIpc) is 2.66. The fourth-order valence-electron chi connectivity index (χ4n) is 1.47. The van der Waals surface area contributed by atoms with Gasteiger partial charge < -0.3 is 10.2 Å². The van der Waals surface area contributed by atoms with Gasteiger partial charge in [0.25, 0.3) is 0 Å². The zero-order chi connectivity index (χ0) is 12.0. The average molecular weight is 241 g/mol. The molecule has 90 valence electrons. The zero-order valence-electron chi connectivity index (χ0n) is 10.1. The van der Waals surface area contributed by atoms with E-state index in [2.05, 4.69) is 10.3 Å². The van der Waals surface area contributed by atoms with Crippen LogP contribution in [0, 0.1) is 6.92 Å². The van der Waals surface area contributed by atoms with E-state index in [0.717, 1.165) is 25.3 Å². The summed E-state index contributed by atoms with van der Waals surface area (Å²) in [4.78, 5) is 18.9. The normalized spacial score (nSPS) is 10.4. The van der Waals surface area contributed by atoms with Crippen LogP contribution in [0.4, 0.5) is 0 Å². The molecule has 0 aromatic carbocycles. The first-order valence-electron chi connectivity index (χ1n) is 5.56. The Hall–Kier alpha value is -0.940. The number of carbonyl (C=O) groups excluding carboxylic acids is 1. The van der Waals surface area contributed by atoms with Crippen LogP contribution >= 0.6 is 11.3 Å². The Kier molecular flexibility index (Phi) is 5.42. The number of nitrogens with one attached hydrogen (secondary N) is 1. The molecule has 0 spiro atoms. The molecule has 0 bridgehead atoms. The number of nitrogens with zero attached hydrogens (tertiary/aromatic N) is 2. The number of likely N-dealkylation sites (N-methyl/N-ethyl adjacent to an activating group) is 1. The van der Waals surface area contributed by atoms with E-state index >= 15 is 0 Å². The van der Waals surface area contributed by atoms with Gasteiger partial charge in [0.15, 0.2) is 0 Å². The van der Waals surface area contributed by atoms with Crippen LogP contribution in [-0.2, 0) is 11.3 Å². The number of amides is 1. The Morgan fingerprint density at radius 2 is 2.19 bits per heavy atom. The highest BCUT2D eigenvalue weighted by molar-refractivity contribution is 7.09. The third-order valence-electron chi connectivity index (χ3n) is 2.52. The van der Waals surface area contributed by atoms with Crippen molar-refractivity contribution in [1.29, 1.82) is 0 Å². The van der Waals surface area contributed by atoms with Crippen molar-refractivity contribution in [3.63, 3.8) is 0 Å². The summed E-state index contributed by atoms with van der Waals surface area (Å²) >= 11 is 1.62. The first kappa shape index (κ1) is 13.1. The molecule has 1 amide bonds. The van der Waals surface area contributed by atoms with E-state index in [0.29, 0.717) is 6.54 Å². The second-order valence-corrected chi connectivity index (χ2v) is 4.47. The summed E-state index contributed by atoms with van der Waals surface area (Å²) in [5, 5.41) is 3.16. The largest absolute Gasteiger partial charge is 0.342 e. The van der Waals surface area contributed by atoms with Crippen molar-refractivity contribution in [2.75, 3.05) is 19.6 Å². The topological polar surface area (TPSA) is 45.2 Å². The van der Waals surface area contributed by atoms with Crippen molar-refractivity contribution in [2.45, 2.75) is 27.3 Å². The van der Waals surface area contributed by atoms with Gasteiger partial charge in [0.2, 0.25) is 5.91 Å². The molecule has 1 N–H and O–H groups in total. The lowest BCUT2D eigenvalue weighted by Gasteiger charge is -2.18. The summed E-state index contributed by atoms with van der Waals surface area (Å²) in [6.07, 6.45) is 0. The van der Waals surface area contributed by atoms with E-state index < -0.39 is 0 Å². The molecule has 1 heterocycles. The highest BCUT2D eigenvalue weighted by Crippen LogP contribution is 2.10. The molecular formula is C11H19N3OS. The van der Waals surface area contributed by atoms with E-state index in [1.54, 1.807) is 11.3 Å². The Bertz CT molecular complexity index is 334. The van der Waals surface area contributed by atoms with Gasteiger partial charge in [-0.3, -0.25) is 4.79 Å². The van der Waals surface area contributed by atoms with Crippen molar-refractivity contribution in [2.24, 2.45) is 0 Å². The molecule has 0 fully saturated rings. The maximum absolute atomic E-state index is 11.7. The standard InChI is InChI=1S/C11H19N3OS/c1-4-14(5-2)11(15)7-12-6-10-9(3)13-8-16-10/h8,12H,4-7H2,1-3H3. The molecule has 0 saturated heterocycles. The molecule has 4 nitrogen and oxygen atoms in total. The molecule has 16 heavy (non-hydrogen) atoms. The fraction of sp³-hybridized carbons (Fsp3) is 0.636. The Labute approximate surface area is 101 Å². The summed E-state index contributed by atoms with van der Waals surface area (Å²) in [7, 11) is 0. The minimum absolute atomic E-state index is 0.159. The molecule has 1 aromatic heterocycles. The number of aromatic nitrogens is 1. The molecular weight excluding hydrogens is 222 g/mol. The van der Waals surface area contributed by atoms with E-state index in [1.165, 1.54) is 4.88 Å². The van der Waals surface area contributed by atoms with Crippen molar-refractivity contribution >= 4 is 17.2 Å². The minimum Gasteiger partial charge on any atom is -0.342 e. The van der Waals surface area contributed by atoms with Crippen LogP contribution in [0.15, 0.2) is 5.51 Å². The van der Waals surface area contributed by atoms with E-state index in [1.807, 2.05) is 31.2 Å². The van der Waals surface area contributed by atoms with Crippen molar-refractivity contribution in [3.8, 4) is 0 Å². The predicted molar refractivity (Wildman–Crippen MR) is 66.5 cm³/mol. The third kappa shape index (κ3) is 3.57. The quantitative estimate of drug-likeness (QED) is 0.819. The van der Waals surface area contributed by atoms with Crippen molar-refractivity contribution < 1.29 is 4.79 Å². The van der Waals surface area contributed by atoms with Crippen LogP contribution in [0.25, 0.3) is 0 Å². The number of aryl methyl sites for hydroxylation is 1. The SMILES string of the molecule is CCN(CC)C(=O)CNCc1scnc1C. The Morgan fingerprint density at radius 1 is 1.50 bits per heavy atom. The molecule has 0 radical (unpaired) electrons. The number of hydrogen-bond acceptors (Lipinski definition) is 4. The molecule has 0 aliphatic rings. The van der Waals surface area contributed by atoms with Crippen LogP contribution < -0.4 is 5.32 Å². The van der Waals surface area contributed by atoms with Gasteiger partial charge >= 0.3 is 0 Å². The predicted octanol–water partition coefficient (Wildman–Crippen LogP) is 1.41. The Morgan fingerprint density at radius 3 is 2.69 bits per heavy atom. The van der Waals surface area contributed by atoms with E-state index in [4.69, 9.17) is 0 Å². The van der Waals surface area contributed by atoms with Crippen LogP contribution in [-0.4, -0.2) is 35.4 Å². The molecule has 0 aliphatic heterocycles. The molecule has 0 unspecified atom stereocenters. The molecule has 1 aromatic rings. The lowest BCUT2D eigenvalue weighted by molar-refractivity contribution is -0.129. The highest BCUT2D eigenvalue weighted by atomic mass is 32.1. The van der Waals surface area contributed by atoms with Gasteiger partial charge in [0.1, 0.15) is 0 Å². The molecule has 0 aliphatic carbocycles. The molecule has 1 rings (SSSR count). The third-order valence-corrected chi connectivity index (χ3v) is 3.46. The van der Waals surface area contributed by atoms with Gasteiger partial charge in [-0.05, 0) is 20.8 Å². The monoisotopic (exact) mass is 241 g/mol. The molecule has 5 heteroatoms. The van der Waals surface area contributed by atoms with E-state index in [-0.39, 0.29) is 5.91 Å². The summed E-state index contributed by atoms with van der Waals surface area (Å²) in [5.41, 5.74) is 2.88. The highest BCUT2D eigenvalue weighted by Gasteiger charge is 2.09. The number of hydrogen-bond donors (Lipinski definition) is 1. The van der Waals surface area contributed by atoms with Gasteiger partial charge in [0, 0.05) is 24.5 Å². The fourth-order valence-corrected chi connectivity index (χ4v) is 2.21. The van der Waals surface area contributed by atoms with Gasteiger partial charge in [-0.15, -0.1) is 11.3 Å². The lowest BCUT2D eigenvalue weighted by atomic mass is 10.4. The van der Waals surface area contributed by atoms with Crippen LogP contribution in [0.1, 0.15) is 24.4 Å².